The first-order valence-electron chi connectivity index (χ1n) is 6.33. The first kappa shape index (κ1) is 22.6. The Morgan fingerprint density at radius 3 is 1.52 bits per heavy atom. The smallest absolute Gasteiger partial charge is 0.357 e. The van der Waals surface area contributed by atoms with Crippen molar-refractivity contribution < 1.29 is 39.5 Å². The minimum atomic E-state index is -6.90. The molecule has 0 heterocycles. The molecule has 0 aliphatic carbocycles. The van der Waals surface area contributed by atoms with E-state index in [0.29, 0.717) is 12.8 Å². The Hall–Kier alpha value is -0.390. The topological polar surface area (TPSA) is 3.24 Å². The lowest BCUT2D eigenvalue weighted by Crippen LogP contribution is -2.60. The van der Waals surface area contributed by atoms with Gasteiger partial charge in [0.1, 0.15) is 4.32 Å². The van der Waals surface area contributed by atoms with Crippen LogP contribution in [0.3, 0.4) is 0 Å². The van der Waals surface area contributed by atoms with Crippen molar-refractivity contribution in [1.29, 1.82) is 0 Å². The number of halogens is 9. The van der Waals surface area contributed by atoms with Crippen molar-refractivity contribution in [2.75, 3.05) is 13.1 Å². The summed E-state index contributed by atoms with van der Waals surface area (Å²) >= 11 is 3.32. The van der Waals surface area contributed by atoms with E-state index in [4.69, 9.17) is 0 Å². The zero-order chi connectivity index (χ0) is 18.7. The maximum Gasteiger partial charge on any atom is 0.460 e. The fraction of sp³-hybridized carbons (Fsp3) is 0.909. The van der Waals surface area contributed by atoms with E-state index in [0.717, 1.165) is 4.90 Å². The Bertz CT molecular complexity index is 403. The molecule has 12 heteroatoms. The van der Waals surface area contributed by atoms with Crippen molar-refractivity contribution in [3.05, 3.63) is 0 Å². The summed E-state index contributed by atoms with van der Waals surface area (Å²) in [5.74, 6) is -13.6. The third-order valence-corrected chi connectivity index (χ3v) is 4.03. The molecule has 0 bridgehead atoms. The molecule has 0 atom stereocenters. The van der Waals surface area contributed by atoms with Crippen molar-refractivity contribution >= 4 is 28.3 Å². The highest BCUT2D eigenvalue weighted by Gasteiger charge is 2.82. The zero-order valence-corrected chi connectivity index (χ0v) is 13.6. The summed E-state index contributed by atoms with van der Waals surface area (Å²) in [4.78, 5) is 1.05. The molecule has 0 aliphatic rings. The Kier molecular flexibility index (Phi) is 7.53. The van der Waals surface area contributed by atoms with E-state index in [2.05, 4.69) is 12.2 Å². The predicted octanol–water partition coefficient (Wildman–Crippen LogP) is 5.55. The SMILES string of the molecule is CCCN(CCC)C(=S)SC(F)(F)C(F)(F)C(F)(F)C(F)(F)F. The van der Waals surface area contributed by atoms with Gasteiger partial charge in [-0.05, 0) is 24.6 Å². The lowest BCUT2D eigenvalue weighted by atomic mass is 10.1. The van der Waals surface area contributed by atoms with Crippen LogP contribution in [-0.4, -0.2) is 45.6 Å². The molecule has 0 radical (unpaired) electrons. The molecule has 0 aromatic rings. The van der Waals surface area contributed by atoms with Crippen molar-refractivity contribution in [2.24, 2.45) is 0 Å². The molecule has 23 heavy (non-hydrogen) atoms. The Morgan fingerprint density at radius 2 is 1.22 bits per heavy atom. The van der Waals surface area contributed by atoms with Crippen LogP contribution < -0.4 is 0 Å². The Morgan fingerprint density at radius 1 is 0.826 bits per heavy atom. The number of alkyl halides is 9. The molecule has 0 rings (SSSR count). The van der Waals surface area contributed by atoms with Gasteiger partial charge in [0, 0.05) is 13.1 Å². The quantitative estimate of drug-likeness (QED) is 0.411. The van der Waals surface area contributed by atoms with Gasteiger partial charge < -0.3 is 4.90 Å². The minimum Gasteiger partial charge on any atom is -0.357 e. The van der Waals surface area contributed by atoms with Crippen LogP contribution >= 0.6 is 24.0 Å². The summed E-state index contributed by atoms with van der Waals surface area (Å²) in [5, 5.41) is -5.73. The summed E-state index contributed by atoms with van der Waals surface area (Å²) in [6.07, 6.45) is -6.04. The van der Waals surface area contributed by atoms with Gasteiger partial charge in [-0.25, -0.2) is 0 Å². The number of nitrogens with zero attached hydrogens (tertiary/aromatic N) is 1. The fourth-order valence-corrected chi connectivity index (χ4v) is 2.72. The van der Waals surface area contributed by atoms with Gasteiger partial charge in [-0.2, -0.15) is 39.5 Å². The van der Waals surface area contributed by atoms with Crippen molar-refractivity contribution in [2.45, 2.75) is 50.0 Å². The Balaban J connectivity index is 5.42. The van der Waals surface area contributed by atoms with Crippen LogP contribution in [0.4, 0.5) is 39.5 Å². The zero-order valence-electron chi connectivity index (χ0n) is 12.0. The first-order valence-corrected chi connectivity index (χ1v) is 7.56. The molecule has 0 spiro atoms. The van der Waals surface area contributed by atoms with Crippen LogP contribution in [0.25, 0.3) is 0 Å². The van der Waals surface area contributed by atoms with Crippen LogP contribution in [0.1, 0.15) is 26.7 Å². The number of thiocarbonyl (C=S) groups is 1. The largest absolute Gasteiger partial charge is 0.460 e. The molecule has 0 saturated heterocycles. The van der Waals surface area contributed by atoms with E-state index in [1.165, 1.54) is 0 Å². The van der Waals surface area contributed by atoms with Crippen molar-refractivity contribution in [1.82, 2.24) is 4.90 Å². The van der Waals surface area contributed by atoms with E-state index in [1.807, 2.05) is 0 Å². The molecule has 0 aromatic heterocycles. The number of rotatable bonds is 7. The third-order valence-electron chi connectivity index (χ3n) is 2.58. The molecule has 1 nitrogen and oxygen atoms in total. The van der Waals surface area contributed by atoms with Crippen LogP contribution in [0.2, 0.25) is 0 Å². The molecule has 0 N–H and O–H groups in total. The van der Waals surface area contributed by atoms with Crippen LogP contribution in [-0.2, 0) is 0 Å². The van der Waals surface area contributed by atoms with Crippen molar-refractivity contribution in [3.8, 4) is 0 Å². The third kappa shape index (κ3) is 4.80. The van der Waals surface area contributed by atoms with Crippen LogP contribution in [0.15, 0.2) is 0 Å². The average molecular weight is 395 g/mol. The maximum absolute atomic E-state index is 13.4. The second-order valence-electron chi connectivity index (χ2n) is 4.52. The maximum atomic E-state index is 13.4. The second kappa shape index (κ2) is 7.66. The molecule has 0 amide bonds. The van der Waals surface area contributed by atoms with Gasteiger partial charge in [-0.1, -0.05) is 26.1 Å². The molecule has 0 aliphatic heterocycles. The standard InChI is InChI=1S/C11H14F9NS2/c1-3-5-21(6-4-2)7(22)23-11(19,20)9(14,15)8(12,13)10(16,17)18/h3-6H2,1-2H3. The van der Waals surface area contributed by atoms with Crippen molar-refractivity contribution in [3.63, 3.8) is 0 Å². The van der Waals surface area contributed by atoms with Gasteiger partial charge in [0.2, 0.25) is 0 Å². The molecule has 0 aromatic carbocycles. The summed E-state index contributed by atoms with van der Waals surface area (Å²) in [5.41, 5.74) is 0. The van der Waals surface area contributed by atoms with E-state index >= 15 is 0 Å². The highest BCUT2D eigenvalue weighted by Crippen LogP contribution is 2.56. The van der Waals surface area contributed by atoms with Gasteiger partial charge in [-0.3, -0.25) is 0 Å². The highest BCUT2D eigenvalue weighted by molar-refractivity contribution is 8.23. The number of hydrogen-bond donors (Lipinski definition) is 0. The van der Waals surface area contributed by atoms with E-state index in [-0.39, 0.29) is 13.1 Å². The fourth-order valence-electron chi connectivity index (χ4n) is 1.43. The highest BCUT2D eigenvalue weighted by atomic mass is 32.2. The van der Waals surface area contributed by atoms with E-state index in [1.54, 1.807) is 13.8 Å². The van der Waals surface area contributed by atoms with Gasteiger partial charge in [0.15, 0.2) is 0 Å². The minimum absolute atomic E-state index is 0.0803. The first-order chi connectivity index (χ1) is 10.2. The summed E-state index contributed by atoms with van der Waals surface area (Å²) < 4.78 is 114. The molecule has 0 unspecified atom stereocenters. The summed E-state index contributed by atoms with van der Waals surface area (Å²) in [6, 6.07) is 0. The number of hydrogen-bond acceptors (Lipinski definition) is 2. The predicted molar refractivity (Wildman–Crippen MR) is 73.2 cm³/mol. The van der Waals surface area contributed by atoms with Gasteiger partial charge in [0.25, 0.3) is 0 Å². The number of thioether (sulfide) groups is 1. The van der Waals surface area contributed by atoms with Crippen LogP contribution in [0.5, 0.6) is 0 Å². The molecule has 0 saturated carbocycles. The second-order valence-corrected chi connectivity index (χ2v) is 6.27. The molecule has 0 fully saturated rings. The summed E-state index contributed by atoms with van der Waals surface area (Å²) in [7, 11) is 0. The Labute approximate surface area is 136 Å². The average Bonchev–Trinajstić information content (AvgIpc) is 2.36. The van der Waals surface area contributed by atoms with E-state index < -0.39 is 39.4 Å². The monoisotopic (exact) mass is 395 g/mol. The molecular weight excluding hydrogens is 381 g/mol. The van der Waals surface area contributed by atoms with E-state index in [9.17, 15) is 39.5 Å². The lowest BCUT2D eigenvalue weighted by Gasteiger charge is -2.34. The normalized spacial score (nSPS) is 14.0. The summed E-state index contributed by atoms with van der Waals surface area (Å²) in [6.45, 7) is 3.41. The van der Waals surface area contributed by atoms with Gasteiger partial charge in [-0.15, -0.1) is 0 Å². The van der Waals surface area contributed by atoms with Crippen LogP contribution in [0, 0.1) is 0 Å². The molecular formula is C11H14F9NS2. The molecule has 138 valence electrons. The van der Waals surface area contributed by atoms with Gasteiger partial charge in [0.05, 0.1) is 0 Å². The van der Waals surface area contributed by atoms with Gasteiger partial charge >= 0.3 is 23.3 Å². The lowest BCUT2D eigenvalue weighted by molar-refractivity contribution is -0.381.